The number of fused-ring (bicyclic) bond motifs is 1. The zero-order chi connectivity index (χ0) is 30.8. The third-order valence-electron chi connectivity index (χ3n) is 9.09. The molecule has 6 rings (SSSR count). The fourth-order valence-electron chi connectivity index (χ4n) is 6.89. The predicted molar refractivity (Wildman–Crippen MR) is 162 cm³/mol. The quantitative estimate of drug-likeness (QED) is 0.262. The summed E-state index contributed by atoms with van der Waals surface area (Å²) < 4.78 is 44.4. The van der Waals surface area contributed by atoms with Gasteiger partial charge in [-0.2, -0.15) is 10.4 Å². The molecular formula is C33H37F2N7O2. The van der Waals surface area contributed by atoms with E-state index in [1.54, 1.807) is 42.3 Å². The lowest BCUT2D eigenvalue weighted by Gasteiger charge is -2.42. The fourth-order valence-corrected chi connectivity index (χ4v) is 6.89. The lowest BCUT2D eigenvalue weighted by molar-refractivity contribution is -0.00915. The van der Waals surface area contributed by atoms with Crippen molar-refractivity contribution in [3.63, 3.8) is 0 Å². The predicted octanol–water partition coefficient (Wildman–Crippen LogP) is 5.16. The Morgan fingerprint density at radius 3 is 2.59 bits per heavy atom. The summed E-state index contributed by atoms with van der Waals surface area (Å²) in [6.07, 6.45) is 9.25. The average molecular weight is 602 g/mol. The molecule has 9 nitrogen and oxygen atoms in total. The highest BCUT2D eigenvalue weighted by molar-refractivity contribution is 5.64. The number of hydrogen-bond acceptors (Lipinski definition) is 8. The zero-order valence-corrected chi connectivity index (χ0v) is 25.0. The largest absolute Gasteiger partial charge is 0.375 e. The molecule has 44 heavy (non-hydrogen) atoms. The lowest BCUT2D eigenvalue weighted by Crippen LogP contribution is -2.57. The molecule has 3 aromatic heterocycles. The second-order valence-electron chi connectivity index (χ2n) is 11.9. The van der Waals surface area contributed by atoms with E-state index < -0.39 is 17.2 Å². The molecule has 0 unspecified atom stereocenters. The van der Waals surface area contributed by atoms with Crippen molar-refractivity contribution in [2.75, 3.05) is 31.7 Å². The molecule has 230 valence electrons. The average Bonchev–Trinajstić information content (AvgIpc) is 3.66. The molecule has 2 N–H and O–H groups in total. The lowest BCUT2D eigenvalue weighted by atomic mass is 9.90. The summed E-state index contributed by atoms with van der Waals surface area (Å²) in [6.45, 7) is 3.78. The summed E-state index contributed by atoms with van der Waals surface area (Å²) in [4.78, 5) is 11.2. The second-order valence-corrected chi connectivity index (χ2v) is 11.9. The number of rotatable bonds is 9. The molecule has 2 fully saturated rings. The molecule has 11 heteroatoms. The second kappa shape index (κ2) is 12.6. The number of benzene rings is 1. The van der Waals surface area contributed by atoms with Crippen molar-refractivity contribution in [3.05, 3.63) is 77.5 Å². The van der Waals surface area contributed by atoms with Crippen molar-refractivity contribution in [1.29, 1.82) is 5.26 Å². The molecule has 4 aromatic rings. The Hall–Kier alpha value is -3.98. The summed E-state index contributed by atoms with van der Waals surface area (Å²) >= 11 is 0. The SMILES string of the molecule is COC1(c2cc(F)c(-c3ccc4cnc(Cc5cnccc5N5C[C@@H](N)[C@@H](OCCC#N)[C@@H](C)C5)n4n3)c(F)c2)CCCC1. The van der Waals surface area contributed by atoms with Crippen molar-refractivity contribution in [2.45, 2.75) is 63.2 Å². The van der Waals surface area contributed by atoms with Gasteiger partial charge in [-0.1, -0.05) is 19.8 Å². The van der Waals surface area contributed by atoms with Crippen LogP contribution in [0.2, 0.25) is 0 Å². The Bertz CT molecular complexity index is 1650. The van der Waals surface area contributed by atoms with Crippen LogP contribution in [-0.2, 0) is 21.5 Å². The number of hydrogen-bond donors (Lipinski definition) is 1. The van der Waals surface area contributed by atoms with Crippen LogP contribution in [0.25, 0.3) is 16.8 Å². The molecule has 1 saturated carbocycles. The molecule has 1 aliphatic carbocycles. The minimum Gasteiger partial charge on any atom is -0.375 e. The minimum atomic E-state index is -0.670. The van der Waals surface area contributed by atoms with E-state index in [4.69, 9.17) is 20.5 Å². The van der Waals surface area contributed by atoms with Gasteiger partial charge < -0.3 is 20.1 Å². The number of pyridine rings is 1. The molecule has 0 spiro atoms. The first-order valence-electron chi connectivity index (χ1n) is 15.1. The molecule has 0 bridgehead atoms. The van der Waals surface area contributed by atoms with Crippen LogP contribution in [0.3, 0.4) is 0 Å². The van der Waals surface area contributed by atoms with Gasteiger partial charge in [-0.25, -0.2) is 18.3 Å². The number of aromatic nitrogens is 4. The van der Waals surface area contributed by atoms with Crippen molar-refractivity contribution in [1.82, 2.24) is 19.6 Å². The first-order valence-corrected chi connectivity index (χ1v) is 15.1. The van der Waals surface area contributed by atoms with E-state index in [1.807, 2.05) is 6.07 Å². The molecule has 0 radical (unpaired) electrons. The van der Waals surface area contributed by atoms with Crippen LogP contribution in [-0.4, -0.2) is 58.5 Å². The van der Waals surface area contributed by atoms with E-state index in [9.17, 15) is 0 Å². The Morgan fingerprint density at radius 2 is 1.89 bits per heavy atom. The zero-order valence-electron chi connectivity index (χ0n) is 25.0. The van der Waals surface area contributed by atoms with Gasteiger partial charge in [0.25, 0.3) is 0 Å². The van der Waals surface area contributed by atoms with Crippen LogP contribution in [0.5, 0.6) is 0 Å². The summed E-state index contributed by atoms with van der Waals surface area (Å²) in [5, 5.41) is 13.5. The van der Waals surface area contributed by atoms with Crippen LogP contribution in [0.1, 0.15) is 56.0 Å². The molecule has 3 atom stereocenters. The van der Waals surface area contributed by atoms with Gasteiger partial charge in [-0.05, 0) is 48.7 Å². The summed E-state index contributed by atoms with van der Waals surface area (Å²) in [6, 6.07) is 10.0. The third-order valence-corrected chi connectivity index (χ3v) is 9.09. The highest BCUT2D eigenvalue weighted by Crippen LogP contribution is 2.43. The van der Waals surface area contributed by atoms with E-state index >= 15 is 8.78 Å². The maximum atomic E-state index is 15.6. The Morgan fingerprint density at radius 1 is 1.11 bits per heavy atom. The summed E-state index contributed by atoms with van der Waals surface area (Å²) in [5.74, 6) is -0.572. The van der Waals surface area contributed by atoms with E-state index in [2.05, 4.69) is 33.0 Å². The van der Waals surface area contributed by atoms with Crippen LogP contribution in [0.4, 0.5) is 14.5 Å². The van der Waals surface area contributed by atoms with Gasteiger partial charge in [-0.3, -0.25) is 4.98 Å². The molecule has 1 aromatic carbocycles. The number of nitriles is 1. The van der Waals surface area contributed by atoms with Crippen LogP contribution >= 0.6 is 0 Å². The molecule has 4 heterocycles. The van der Waals surface area contributed by atoms with E-state index in [-0.39, 0.29) is 29.3 Å². The first-order chi connectivity index (χ1) is 21.3. The maximum absolute atomic E-state index is 15.6. The van der Waals surface area contributed by atoms with Crippen LogP contribution < -0.4 is 10.6 Å². The summed E-state index contributed by atoms with van der Waals surface area (Å²) in [5.41, 5.74) is 9.03. The Labute approximate surface area is 255 Å². The Kier molecular flexibility index (Phi) is 8.58. The number of nitrogens with two attached hydrogens (primary N) is 1. The van der Waals surface area contributed by atoms with Crippen molar-refractivity contribution in [3.8, 4) is 17.3 Å². The van der Waals surface area contributed by atoms with E-state index in [0.717, 1.165) is 43.5 Å². The number of halogens is 2. The first kappa shape index (κ1) is 30.1. The molecule has 2 aliphatic rings. The van der Waals surface area contributed by atoms with Gasteiger partial charge in [0.05, 0.1) is 53.8 Å². The number of anilines is 1. The normalized spacial score (nSPS) is 21.5. The van der Waals surface area contributed by atoms with Gasteiger partial charge in [0.1, 0.15) is 17.5 Å². The van der Waals surface area contributed by atoms with Crippen molar-refractivity contribution >= 4 is 11.2 Å². The third kappa shape index (κ3) is 5.65. The van der Waals surface area contributed by atoms with Crippen molar-refractivity contribution < 1.29 is 18.3 Å². The number of imidazole rings is 1. The van der Waals surface area contributed by atoms with E-state index in [0.29, 0.717) is 42.9 Å². The molecule has 1 saturated heterocycles. The van der Waals surface area contributed by atoms with Gasteiger partial charge in [0, 0.05) is 62.2 Å². The number of ether oxygens (including phenoxy) is 2. The van der Waals surface area contributed by atoms with Crippen LogP contribution in [0, 0.1) is 28.9 Å². The molecule has 0 amide bonds. The molecular weight excluding hydrogens is 564 g/mol. The van der Waals surface area contributed by atoms with Gasteiger partial charge in [0.15, 0.2) is 0 Å². The monoisotopic (exact) mass is 601 g/mol. The van der Waals surface area contributed by atoms with Crippen molar-refractivity contribution in [2.24, 2.45) is 11.7 Å². The maximum Gasteiger partial charge on any atom is 0.136 e. The smallest absolute Gasteiger partial charge is 0.136 e. The van der Waals surface area contributed by atoms with Crippen LogP contribution in [0.15, 0.2) is 48.9 Å². The standard InChI is InChI=1S/C33H37F2N7O2/c1-21-19-41(20-27(37)32(21)44-13-5-11-36)29-8-12-38-17-22(29)14-30-39-18-24-6-7-28(40-42(24)30)31-25(34)15-23(16-26(31)35)33(43-2)9-3-4-10-33/h6-8,12,15-18,21,27,32H,3-5,9-10,13-14,19-20,37H2,1-2H3/t21-,27+,32-/m0/s1. The van der Waals surface area contributed by atoms with Gasteiger partial charge in [0.2, 0.25) is 0 Å². The Balaban J connectivity index is 1.27. The number of methoxy groups -OCH3 is 1. The molecule has 1 aliphatic heterocycles. The highest BCUT2D eigenvalue weighted by atomic mass is 19.1. The topological polar surface area (TPSA) is 115 Å². The van der Waals surface area contributed by atoms with Gasteiger partial charge >= 0.3 is 0 Å². The van der Waals surface area contributed by atoms with Gasteiger partial charge in [-0.15, -0.1) is 0 Å². The number of piperidine rings is 1. The van der Waals surface area contributed by atoms with E-state index in [1.165, 1.54) is 12.1 Å². The minimum absolute atomic E-state index is 0.128. The fraction of sp³-hybridized carbons (Fsp3) is 0.455. The summed E-state index contributed by atoms with van der Waals surface area (Å²) in [7, 11) is 1.60. The highest BCUT2D eigenvalue weighted by Gasteiger charge is 2.37. The number of nitrogens with zero attached hydrogens (tertiary/aromatic N) is 6.